The summed E-state index contributed by atoms with van der Waals surface area (Å²) < 4.78 is 120. The summed E-state index contributed by atoms with van der Waals surface area (Å²) in [6.07, 6.45) is -10.5. The topological polar surface area (TPSA) is 103 Å². The number of fused-ring (bicyclic) bond motifs is 2. The average Bonchev–Trinajstić information content (AvgIpc) is 3.49. The van der Waals surface area contributed by atoms with E-state index in [4.69, 9.17) is 19.7 Å². The molecule has 0 aliphatic heterocycles. The quantitative estimate of drug-likeness (QED) is 0.155. The van der Waals surface area contributed by atoms with Crippen LogP contribution in [-0.4, -0.2) is 12.7 Å². The van der Waals surface area contributed by atoms with E-state index in [-0.39, 0.29) is 11.1 Å². The first-order valence-electron chi connectivity index (χ1n) is 13.2. The summed E-state index contributed by atoms with van der Waals surface area (Å²) >= 11 is 0. The summed E-state index contributed by atoms with van der Waals surface area (Å²) in [5.74, 6) is -4.78. The monoisotopic (exact) mass is 684 g/mol. The van der Waals surface area contributed by atoms with E-state index in [9.17, 15) is 42.1 Å². The molecule has 2 aliphatic rings. The number of hydrogen-bond donors (Lipinski definition) is 0. The number of hydrogen-bond acceptors (Lipinski definition) is 5. The highest BCUT2D eigenvalue weighted by molar-refractivity contribution is 6.20. The fourth-order valence-electron chi connectivity index (χ4n) is 5.62. The molecule has 0 heterocycles. The summed E-state index contributed by atoms with van der Waals surface area (Å²) in [7, 11) is 0. The minimum atomic E-state index is -5.24. The highest BCUT2D eigenvalue weighted by Gasteiger charge is 2.44. The van der Waals surface area contributed by atoms with E-state index < -0.39 is 103 Å². The maximum absolute atomic E-state index is 16.4. The molecule has 2 aliphatic carbocycles. The second-order valence-electron chi connectivity index (χ2n) is 9.87. The third-order valence-corrected chi connectivity index (χ3v) is 7.20. The first-order chi connectivity index (χ1) is 23.6. The number of benzene rings is 3. The van der Waals surface area contributed by atoms with Gasteiger partial charge in [0.05, 0.1) is 37.4 Å². The molecule has 8 nitrogen and oxygen atoms in total. The highest BCUT2D eigenvalue weighted by Crippen LogP contribution is 2.60. The van der Waals surface area contributed by atoms with E-state index in [0.29, 0.717) is 0 Å². The lowest BCUT2D eigenvalue weighted by Gasteiger charge is -2.23. The Balaban J connectivity index is 2.16. The van der Waals surface area contributed by atoms with Gasteiger partial charge in [-0.3, -0.25) is 0 Å². The Morgan fingerprint density at radius 3 is 1.46 bits per heavy atom. The van der Waals surface area contributed by atoms with Crippen molar-refractivity contribution in [2.75, 3.05) is 0 Å². The molecular weight excluding hydrogens is 676 g/mol. The minimum absolute atomic E-state index is 0.361. The molecular formula is C34H8F8N6O2. The third-order valence-electron chi connectivity index (χ3n) is 7.20. The molecule has 5 rings (SSSR count). The third kappa shape index (κ3) is 5.60. The maximum atomic E-state index is 16.4. The zero-order valence-electron chi connectivity index (χ0n) is 24.1. The van der Waals surface area contributed by atoms with Crippen LogP contribution in [0.25, 0.3) is 59.2 Å². The SMILES string of the molecule is [C-]#[N+]C1=C(F)/C(=C(/C#N)[N+]#[C-])c2c1c(-c1cccc(OC(F)(F)F)c1)c1c(c2-c2cccc(OC(F)(F)F)c2)/C(=C(/C#N)[N+]#[C-])C(F)=C1C#N. The Bertz CT molecular complexity index is 2300. The summed E-state index contributed by atoms with van der Waals surface area (Å²) in [4.78, 5) is 9.20. The Labute approximate surface area is 275 Å². The second-order valence-corrected chi connectivity index (χ2v) is 9.87. The van der Waals surface area contributed by atoms with Gasteiger partial charge in [0.1, 0.15) is 29.2 Å². The standard InChI is InChI=1S/C34H8F8N6O2/c1-46-20(13-44)25-27-23(16-7-5-9-18(11-16)50-34(40,41)42)28-26(21(14-45)47-2)31(36)32(48-3)29(28)22(24(27)19(12-43)30(25)35)15-6-4-8-17(10-15)49-33(37,38)39/h4-11H/b25-20+,26-21-. The van der Waals surface area contributed by atoms with Crippen LogP contribution in [0.1, 0.15) is 22.3 Å². The molecule has 242 valence electrons. The van der Waals surface area contributed by atoms with Crippen molar-refractivity contribution in [1.82, 2.24) is 0 Å². The highest BCUT2D eigenvalue weighted by atomic mass is 19.4. The molecule has 0 bridgehead atoms. The molecule has 0 amide bonds. The molecule has 0 unspecified atom stereocenters. The Morgan fingerprint density at radius 1 is 0.620 bits per heavy atom. The van der Waals surface area contributed by atoms with E-state index in [1.165, 1.54) is 12.1 Å². The van der Waals surface area contributed by atoms with E-state index in [1.54, 1.807) is 6.07 Å². The van der Waals surface area contributed by atoms with Crippen LogP contribution < -0.4 is 9.47 Å². The van der Waals surface area contributed by atoms with Crippen LogP contribution in [0.15, 0.2) is 71.6 Å². The summed E-state index contributed by atoms with van der Waals surface area (Å²) in [5, 5.41) is 29.8. The van der Waals surface area contributed by atoms with Gasteiger partial charge in [-0.1, -0.05) is 24.3 Å². The van der Waals surface area contributed by atoms with Crippen LogP contribution in [0.4, 0.5) is 35.1 Å². The zero-order valence-corrected chi connectivity index (χ0v) is 24.1. The van der Waals surface area contributed by atoms with Crippen molar-refractivity contribution >= 4 is 22.4 Å². The molecule has 0 aromatic heterocycles. The van der Waals surface area contributed by atoms with Gasteiger partial charge in [0.25, 0.3) is 11.4 Å². The number of allylic oxidation sites excluding steroid dienone is 7. The van der Waals surface area contributed by atoms with Crippen molar-refractivity contribution in [2.45, 2.75) is 12.7 Å². The number of rotatable bonds is 4. The van der Waals surface area contributed by atoms with Crippen LogP contribution in [0.5, 0.6) is 11.5 Å². The lowest BCUT2D eigenvalue weighted by Crippen LogP contribution is -2.17. The van der Waals surface area contributed by atoms with Crippen LogP contribution in [0.3, 0.4) is 0 Å². The number of ether oxygens (including phenoxy) is 2. The largest absolute Gasteiger partial charge is 0.573 e. The lowest BCUT2D eigenvalue weighted by molar-refractivity contribution is -0.275. The van der Waals surface area contributed by atoms with Crippen LogP contribution in [0.2, 0.25) is 0 Å². The maximum Gasteiger partial charge on any atom is 0.573 e. The molecule has 0 fully saturated rings. The van der Waals surface area contributed by atoms with Gasteiger partial charge in [-0.2, -0.15) is 5.26 Å². The molecule has 0 spiro atoms. The molecule has 16 heteroatoms. The fourth-order valence-corrected chi connectivity index (χ4v) is 5.62. The van der Waals surface area contributed by atoms with Crippen molar-refractivity contribution in [3.63, 3.8) is 0 Å². The summed E-state index contributed by atoms with van der Waals surface area (Å²) in [6.45, 7) is 22.9. The van der Waals surface area contributed by atoms with E-state index in [0.717, 1.165) is 48.5 Å². The summed E-state index contributed by atoms with van der Waals surface area (Å²) in [5.41, 5.74) is -9.92. The van der Waals surface area contributed by atoms with Crippen molar-refractivity contribution in [1.29, 1.82) is 15.8 Å². The minimum Gasteiger partial charge on any atom is -0.406 e. The molecule has 0 saturated carbocycles. The van der Waals surface area contributed by atoms with Gasteiger partial charge >= 0.3 is 12.7 Å². The van der Waals surface area contributed by atoms with Gasteiger partial charge in [0.15, 0.2) is 0 Å². The van der Waals surface area contributed by atoms with Crippen LogP contribution in [0, 0.1) is 53.7 Å². The van der Waals surface area contributed by atoms with Gasteiger partial charge < -0.3 is 9.47 Å². The number of halogens is 8. The Hall–Kier alpha value is -7.40. The van der Waals surface area contributed by atoms with Crippen molar-refractivity contribution in [2.24, 2.45) is 0 Å². The molecule has 0 radical (unpaired) electrons. The number of nitriles is 3. The zero-order chi connectivity index (χ0) is 36.7. The van der Waals surface area contributed by atoms with Gasteiger partial charge in [-0.25, -0.2) is 33.8 Å². The first kappa shape index (κ1) is 33.9. The van der Waals surface area contributed by atoms with Gasteiger partial charge in [0.2, 0.25) is 5.70 Å². The molecule has 0 saturated heterocycles. The van der Waals surface area contributed by atoms with Crippen molar-refractivity contribution < 1.29 is 44.6 Å². The van der Waals surface area contributed by atoms with Crippen molar-refractivity contribution in [3.8, 4) is 52.0 Å². The molecule has 3 aromatic rings. The Morgan fingerprint density at radius 2 is 1.06 bits per heavy atom. The lowest BCUT2D eigenvalue weighted by atomic mass is 9.79. The van der Waals surface area contributed by atoms with Crippen molar-refractivity contribution in [3.05, 3.63) is 128 Å². The first-order valence-corrected chi connectivity index (χ1v) is 13.2. The second kappa shape index (κ2) is 12.3. The molecule has 50 heavy (non-hydrogen) atoms. The van der Waals surface area contributed by atoms with Crippen LogP contribution >= 0.6 is 0 Å². The number of alkyl halides is 6. The molecule has 0 N–H and O–H groups in total. The van der Waals surface area contributed by atoms with Gasteiger partial charge in [0, 0.05) is 16.7 Å². The van der Waals surface area contributed by atoms with Gasteiger partial charge in [-0.05, 0) is 63.2 Å². The van der Waals surface area contributed by atoms with Gasteiger partial charge in [-0.15, -0.1) is 26.3 Å². The predicted octanol–water partition coefficient (Wildman–Crippen LogP) is 9.91. The summed E-state index contributed by atoms with van der Waals surface area (Å²) in [6, 6.07) is 11.9. The predicted molar refractivity (Wildman–Crippen MR) is 157 cm³/mol. The Kier molecular flexibility index (Phi) is 8.37. The van der Waals surface area contributed by atoms with E-state index in [2.05, 4.69) is 24.0 Å². The fraction of sp³-hybridized carbons (Fsp3) is 0.0588. The normalized spacial score (nSPS) is 15.4. The molecule has 0 atom stereocenters. The smallest absolute Gasteiger partial charge is 0.406 e. The van der Waals surface area contributed by atoms with Crippen LogP contribution in [-0.2, 0) is 0 Å². The average molecular weight is 684 g/mol. The number of nitrogens with zero attached hydrogens (tertiary/aromatic N) is 6. The van der Waals surface area contributed by atoms with E-state index >= 15 is 8.78 Å². The molecule has 3 aromatic carbocycles. The van der Waals surface area contributed by atoms with E-state index in [1.807, 2.05) is 0 Å².